The van der Waals surface area contributed by atoms with Gasteiger partial charge in [0, 0.05) is 0 Å². The second kappa shape index (κ2) is 9.60. The van der Waals surface area contributed by atoms with E-state index < -0.39 is 0 Å². The second-order valence-corrected chi connectivity index (χ2v) is 11.7. The van der Waals surface area contributed by atoms with E-state index in [1.54, 1.807) is 5.56 Å². The van der Waals surface area contributed by atoms with E-state index in [-0.39, 0.29) is 0 Å². The molecule has 4 rings (SSSR count). The number of rotatable bonds is 4. The van der Waals surface area contributed by atoms with Crippen molar-refractivity contribution in [2.75, 3.05) is 0 Å². The molecule has 166 valence electrons. The Morgan fingerprint density at radius 1 is 0.774 bits per heavy atom. The monoisotopic (exact) mass is 414 g/mol. The summed E-state index contributed by atoms with van der Waals surface area (Å²) in [5.74, 6) is 1.51. The van der Waals surface area contributed by atoms with Crippen LogP contribution >= 0.6 is 0 Å². The van der Waals surface area contributed by atoms with Gasteiger partial charge in [0.1, 0.15) is 0 Å². The van der Waals surface area contributed by atoms with Gasteiger partial charge in [0.2, 0.25) is 0 Å². The van der Waals surface area contributed by atoms with Crippen LogP contribution in [0.3, 0.4) is 0 Å². The third-order valence-corrected chi connectivity index (χ3v) is 6.47. The lowest BCUT2D eigenvalue weighted by Crippen LogP contribution is -2.23. The van der Waals surface area contributed by atoms with Gasteiger partial charge in [-0.05, 0) is 75.8 Å². The summed E-state index contributed by atoms with van der Waals surface area (Å²) in [5, 5.41) is 2.67. The average Bonchev–Trinajstić information content (AvgIpc) is 3.56. The van der Waals surface area contributed by atoms with E-state index in [1.807, 2.05) is 0 Å². The van der Waals surface area contributed by atoms with Gasteiger partial charge < -0.3 is 0 Å². The highest BCUT2D eigenvalue weighted by atomic mass is 14.4. The van der Waals surface area contributed by atoms with E-state index >= 15 is 0 Å². The normalized spacial score (nSPS) is 15.3. The third kappa shape index (κ3) is 6.96. The zero-order valence-corrected chi connectivity index (χ0v) is 20.8. The van der Waals surface area contributed by atoms with Crippen LogP contribution in [0, 0.1) is 10.8 Å². The SMILES string of the molecule is CC(C)(C)CC(c1ccc(C2CC2)cc1)C(C)(C)C.CCc1ccc2ccccc2c1. The van der Waals surface area contributed by atoms with Crippen LogP contribution in [0.5, 0.6) is 0 Å². The topological polar surface area (TPSA) is 0 Å². The van der Waals surface area contributed by atoms with Crippen molar-refractivity contribution < 1.29 is 0 Å². The molecule has 0 saturated heterocycles. The molecule has 1 atom stereocenters. The summed E-state index contributed by atoms with van der Waals surface area (Å²) in [4.78, 5) is 0. The molecule has 0 heterocycles. The maximum Gasteiger partial charge on any atom is -0.0108 e. The first-order valence-corrected chi connectivity index (χ1v) is 12.1. The minimum atomic E-state index is 0.328. The summed E-state index contributed by atoms with van der Waals surface area (Å²) in [5.41, 5.74) is 5.19. The second-order valence-electron chi connectivity index (χ2n) is 11.7. The molecule has 0 aliphatic heterocycles. The molecule has 1 aliphatic carbocycles. The summed E-state index contributed by atoms with van der Waals surface area (Å²) in [7, 11) is 0. The molecule has 0 bridgehead atoms. The van der Waals surface area contributed by atoms with Crippen LogP contribution < -0.4 is 0 Å². The molecule has 1 fully saturated rings. The first-order valence-electron chi connectivity index (χ1n) is 12.1. The number of hydrogen-bond acceptors (Lipinski definition) is 0. The van der Waals surface area contributed by atoms with Crippen LogP contribution in [0.4, 0.5) is 0 Å². The van der Waals surface area contributed by atoms with Crippen molar-refractivity contribution in [1.29, 1.82) is 0 Å². The largest absolute Gasteiger partial charge is 0.0616 e. The Labute approximate surface area is 191 Å². The van der Waals surface area contributed by atoms with Crippen molar-refractivity contribution in [3.63, 3.8) is 0 Å². The summed E-state index contributed by atoms with van der Waals surface area (Å²) < 4.78 is 0. The standard InChI is InChI=1S/C19H30.C12H12/c1-18(2,3)13-17(19(4,5)6)16-11-9-15(10-12-16)14-7-8-14;1-2-10-7-8-11-5-3-4-6-12(11)9-10/h9-12,14,17H,7-8,13H2,1-6H3;3-9H,2H2,1H3. The van der Waals surface area contributed by atoms with E-state index in [1.165, 1.54) is 41.2 Å². The predicted molar refractivity (Wildman–Crippen MR) is 138 cm³/mol. The first-order chi connectivity index (χ1) is 14.6. The van der Waals surface area contributed by atoms with Crippen LogP contribution in [0.1, 0.15) is 96.3 Å². The van der Waals surface area contributed by atoms with Gasteiger partial charge in [0.25, 0.3) is 0 Å². The highest BCUT2D eigenvalue weighted by Crippen LogP contribution is 2.44. The molecule has 3 aromatic carbocycles. The molecule has 0 aromatic heterocycles. The van der Waals surface area contributed by atoms with Crippen molar-refractivity contribution >= 4 is 10.8 Å². The highest BCUT2D eigenvalue weighted by Gasteiger charge is 2.31. The zero-order chi connectivity index (χ0) is 22.6. The third-order valence-electron chi connectivity index (χ3n) is 6.47. The fourth-order valence-electron chi connectivity index (χ4n) is 4.41. The van der Waals surface area contributed by atoms with E-state index in [0.29, 0.717) is 16.7 Å². The first kappa shape index (κ1) is 23.6. The molecule has 0 N–H and O–H groups in total. The summed E-state index contributed by atoms with van der Waals surface area (Å²) in [6.07, 6.45) is 5.15. The molecule has 31 heavy (non-hydrogen) atoms. The molecule has 0 amide bonds. The van der Waals surface area contributed by atoms with Gasteiger partial charge in [-0.1, -0.05) is 115 Å². The summed E-state index contributed by atoms with van der Waals surface area (Å²) in [6.45, 7) is 16.4. The molecular formula is C31H42. The Bertz CT molecular complexity index is 959. The summed E-state index contributed by atoms with van der Waals surface area (Å²) in [6, 6.07) is 24.6. The Hall–Kier alpha value is -2.08. The van der Waals surface area contributed by atoms with Gasteiger partial charge in [-0.3, -0.25) is 0 Å². The molecule has 1 unspecified atom stereocenters. The molecule has 0 spiro atoms. The van der Waals surface area contributed by atoms with E-state index in [4.69, 9.17) is 0 Å². The maximum absolute atomic E-state index is 2.38. The molecule has 3 aromatic rings. The fraction of sp³-hybridized carbons (Fsp3) is 0.484. The Kier molecular flexibility index (Phi) is 7.30. The quantitative estimate of drug-likeness (QED) is 0.398. The molecule has 0 radical (unpaired) electrons. The molecule has 0 nitrogen and oxygen atoms in total. The minimum absolute atomic E-state index is 0.328. The van der Waals surface area contributed by atoms with Crippen molar-refractivity contribution in [1.82, 2.24) is 0 Å². The zero-order valence-electron chi connectivity index (χ0n) is 20.8. The van der Waals surface area contributed by atoms with Crippen molar-refractivity contribution in [2.24, 2.45) is 10.8 Å². The van der Waals surface area contributed by atoms with E-state index in [2.05, 4.69) is 115 Å². The predicted octanol–water partition coefficient (Wildman–Crippen LogP) is 9.53. The van der Waals surface area contributed by atoms with Crippen LogP contribution in [0.25, 0.3) is 10.8 Å². The lowest BCUT2D eigenvalue weighted by Gasteiger charge is -2.36. The van der Waals surface area contributed by atoms with Gasteiger partial charge in [0.05, 0.1) is 0 Å². The van der Waals surface area contributed by atoms with E-state index in [9.17, 15) is 0 Å². The minimum Gasteiger partial charge on any atom is -0.0616 e. The smallest absolute Gasteiger partial charge is 0.0108 e. The Morgan fingerprint density at radius 3 is 1.90 bits per heavy atom. The van der Waals surface area contributed by atoms with Crippen molar-refractivity contribution in [3.8, 4) is 0 Å². The van der Waals surface area contributed by atoms with Crippen molar-refractivity contribution in [2.45, 2.75) is 86.0 Å². The number of fused-ring (bicyclic) bond motifs is 1. The van der Waals surface area contributed by atoms with Gasteiger partial charge in [-0.25, -0.2) is 0 Å². The van der Waals surface area contributed by atoms with E-state index in [0.717, 1.165) is 12.3 Å². The van der Waals surface area contributed by atoms with Crippen LogP contribution in [0.15, 0.2) is 66.7 Å². The summed E-state index contributed by atoms with van der Waals surface area (Å²) >= 11 is 0. The lowest BCUT2D eigenvalue weighted by molar-refractivity contribution is 0.229. The van der Waals surface area contributed by atoms with Crippen LogP contribution in [0.2, 0.25) is 0 Å². The van der Waals surface area contributed by atoms with Gasteiger partial charge >= 0.3 is 0 Å². The maximum atomic E-state index is 2.38. The molecule has 1 aliphatic rings. The fourth-order valence-corrected chi connectivity index (χ4v) is 4.41. The number of aryl methyl sites for hydroxylation is 1. The van der Waals surface area contributed by atoms with Gasteiger partial charge in [-0.2, -0.15) is 0 Å². The molecule has 1 saturated carbocycles. The number of hydrogen-bond donors (Lipinski definition) is 0. The van der Waals surface area contributed by atoms with Gasteiger partial charge in [-0.15, -0.1) is 0 Å². The average molecular weight is 415 g/mol. The van der Waals surface area contributed by atoms with Gasteiger partial charge in [0.15, 0.2) is 0 Å². The highest BCUT2D eigenvalue weighted by molar-refractivity contribution is 5.82. The van der Waals surface area contributed by atoms with Crippen LogP contribution in [-0.2, 0) is 6.42 Å². The number of benzene rings is 3. The Morgan fingerprint density at radius 2 is 1.39 bits per heavy atom. The molecule has 0 heteroatoms. The lowest BCUT2D eigenvalue weighted by atomic mass is 9.69. The molecular weight excluding hydrogens is 372 g/mol. The van der Waals surface area contributed by atoms with Crippen LogP contribution in [-0.4, -0.2) is 0 Å². The Balaban J connectivity index is 0.000000194. The van der Waals surface area contributed by atoms with Crippen molar-refractivity contribution in [3.05, 3.63) is 83.4 Å².